The first-order valence-electron chi connectivity index (χ1n) is 11.9. The minimum atomic E-state index is -3.65. The van der Waals surface area contributed by atoms with Crippen molar-refractivity contribution in [2.75, 3.05) is 18.0 Å². The van der Waals surface area contributed by atoms with Crippen LogP contribution < -0.4 is 4.90 Å². The molecule has 0 amide bonds. The Balaban J connectivity index is 1.31. The number of halogens is 2. The third kappa shape index (κ3) is 4.69. The molecule has 0 unspecified atom stereocenters. The summed E-state index contributed by atoms with van der Waals surface area (Å²) in [5, 5.41) is 6.87. The van der Waals surface area contributed by atoms with Crippen molar-refractivity contribution >= 4 is 15.7 Å². The SMILES string of the molecule is C[C@H]1CC[C@H](c2ccccc2)S(=O)(=O)N1Cc1ccc(N2CC[C@H](n3cnnc3)[C@H](F)C2)cc1F. The second-order valence-corrected chi connectivity index (χ2v) is 11.5. The first kappa shape index (κ1) is 23.9. The summed E-state index contributed by atoms with van der Waals surface area (Å²) in [7, 11) is -3.65. The van der Waals surface area contributed by atoms with Crippen LogP contribution in [0.25, 0.3) is 0 Å². The lowest BCUT2D eigenvalue weighted by molar-refractivity contribution is 0.199. The maximum Gasteiger partial charge on any atom is 0.221 e. The van der Waals surface area contributed by atoms with Crippen LogP contribution >= 0.6 is 0 Å². The van der Waals surface area contributed by atoms with Crippen LogP contribution in [0.4, 0.5) is 14.5 Å². The Morgan fingerprint density at radius 2 is 1.77 bits per heavy atom. The lowest BCUT2D eigenvalue weighted by atomic mass is 10.0. The zero-order chi connectivity index (χ0) is 24.6. The van der Waals surface area contributed by atoms with Gasteiger partial charge in [-0.05, 0) is 43.9 Å². The van der Waals surface area contributed by atoms with E-state index in [1.807, 2.05) is 42.2 Å². The first-order valence-corrected chi connectivity index (χ1v) is 13.4. The molecule has 2 aliphatic heterocycles. The highest BCUT2D eigenvalue weighted by molar-refractivity contribution is 7.89. The zero-order valence-electron chi connectivity index (χ0n) is 19.5. The molecular formula is C25H29F2N5O2S. The molecule has 0 aliphatic carbocycles. The highest BCUT2D eigenvalue weighted by Gasteiger charge is 2.40. The average Bonchev–Trinajstić information content (AvgIpc) is 3.37. The van der Waals surface area contributed by atoms with Gasteiger partial charge in [0.2, 0.25) is 10.0 Å². The molecule has 2 fully saturated rings. The van der Waals surface area contributed by atoms with E-state index >= 15 is 4.39 Å². The molecule has 4 atom stereocenters. The number of hydrogen-bond acceptors (Lipinski definition) is 5. The van der Waals surface area contributed by atoms with Crippen LogP contribution in [0.5, 0.6) is 0 Å². The van der Waals surface area contributed by atoms with Crippen molar-refractivity contribution in [1.82, 2.24) is 19.1 Å². The van der Waals surface area contributed by atoms with Gasteiger partial charge in [-0.1, -0.05) is 36.4 Å². The van der Waals surface area contributed by atoms with Crippen LogP contribution in [-0.4, -0.2) is 52.8 Å². The Hall–Kier alpha value is -2.85. The molecule has 3 aromatic rings. The molecular weight excluding hydrogens is 472 g/mol. The largest absolute Gasteiger partial charge is 0.368 e. The molecule has 7 nitrogen and oxygen atoms in total. The molecule has 0 N–H and O–H groups in total. The Morgan fingerprint density at radius 1 is 1.03 bits per heavy atom. The van der Waals surface area contributed by atoms with E-state index in [0.29, 0.717) is 37.1 Å². The molecule has 2 saturated heterocycles. The van der Waals surface area contributed by atoms with E-state index < -0.39 is 27.3 Å². The fourth-order valence-corrected chi connectivity index (χ4v) is 7.41. The summed E-state index contributed by atoms with van der Waals surface area (Å²) in [4.78, 5) is 1.82. The van der Waals surface area contributed by atoms with E-state index in [0.717, 1.165) is 5.56 Å². The minimum Gasteiger partial charge on any atom is -0.368 e. The van der Waals surface area contributed by atoms with Gasteiger partial charge < -0.3 is 9.47 Å². The van der Waals surface area contributed by atoms with Gasteiger partial charge in [0.05, 0.1) is 12.6 Å². The van der Waals surface area contributed by atoms with Gasteiger partial charge in [0, 0.05) is 30.4 Å². The number of sulfonamides is 1. The fraction of sp³-hybridized carbons (Fsp3) is 0.440. The van der Waals surface area contributed by atoms with Crippen LogP contribution in [-0.2, 0) is 16.6 Å². The topological polar surface area (TPSA) is 71.3 Å². The Bertz CT molecular complexity index is 1260. The van der Waals surface area contributed by atoms with Gasteiger partial charge in [-0.3, -0.25) is 0 Å². The van der Waals surface area contributed by atoms with Crippen molar-refractivity contribution in [3.63, 3.8) is 0 Å². The summed E-state index contributed by atoms with van der Waals surface area (Å²) in [6.45, 7) is 2.54. The van der Waals surface area contributed by atoms with Gasteiger partial charge in [0.15, 0.2) is 0 Å². The van der Waals surface area contributed by atoms with Crippen LogP contribution in [0.1, 0.15) is 48.6 Å². The first-order chi connectivity index (χ1) is 16.8. The van der Waals surface area contributed by atoms with Crippen molar-refractivity contribution in [1.29, 1.82) is 0 Å². The second kappa shape index (κ2) is 9.66. The monoisotopic (exact) mass is 501 g/mol. The number of rotatable bonds is 5. The smallest absolute Gasteiger partial charge is 0.221 e. The summed E-state index contributed by atoms with van der Waals surface area (Å²) in [5.74, 6) is -0.483. The number of anilines is 1. The van der Waals surface area contributed by atoms with Gasteiger partial charge in [-0.25, -0.2) is 17.2 Å². The third-order valence-electron chi connectivity index (χ3n) is 7.25. The third-order valence-corrected chi connectivity index (χ3v) is 9.62. The minimum absolute atomic E-state index is 0.0274. The molecule has 0 radical (unpaired) electrons. The average molecular weight is 502 g/mol. The molecule has 10 heteroatoms. The second-order valence-electron chi connectivity index (χ2n) is 9.42. The molecule has 186 valence electrons. The predicted octanol–water partition coefficient (Wildman–Crippen LogP) is 4.26. The van der Waals surface area contributed by atoms with Crippen LogP contribution in [0.15, 0.2) is 61.2 Å². The molecule has 0 saturated carbocycles. The predicted molar refractivity (Wildman–Crippen MR) is 130 cm³/mol. The molecule has 5 rings (SSSR count). The standard InChI is InChI=1S/C25H29F2N5O2S/c1-18-7-10-25(19-5-3-2-4-6-19)35(33,34)32(18)14-20-8-9-21(13-22(20)26)30-12-11-24(23(27)15-30)31-16-28-29-17-31/h2-6,8-9,13,16-18,23-25H,7,10-12,14-15H2,1H3/t18-,23+,24-,25+/m0/s1. The number of nitrogens with zero attached hydrogens (tertiary/aromatic N) is 5. The van der Waals surface area contributed by atoms with E-state index in [1.165, 1.54) is 23.0 Å². The Morgan fingerprint density at radius 3 is 2.46 bits per heavy atom. The van der Waals surface area contributed by atoms with Crippen LogP contribution in [0.3, 0.4) is 0 Å². The summed E-state index contributed by atoms with van der Waals surface area (Å²) < 4.78 is 60.1. The van der Waals surface area contributed by atoms with E-state index in [4.69, 9.17) is 0 Å². The van der Waals surface area contributed by atoms with Crippen molar-refractivity contribution in [2.45, 2.75) is 56.2 Å². The van der Waals surface area contributed by atoms with E-state index in [1.54, 1.807) is 16.7 Å². The summed E-state index contributed by atoms with van der Waals surface area (Å²) in [6, 6.07) is 13.4. The lowest BCUT2D eigenvalue weighted by Gasteiger charge is -2.38. The van der Waals surface area contributed by atoms with Crippen molar-refractivity contribution in [3.8, 4) is 0 Å². The lowest BCUT2D eigenvalue weighted by Crippen LogP contribution is -2.45. The molecule has 35 heavy (non-hydrogen) atoms. The maximum atomic E-state index is 15.2. The van der Waals surface area contributed by atoms with E-state index in [-0.39, 0.29) is 25.2 Å². The Kier molecular flexibility index (Phi) is 6.59. The summed E-state index contributed by atoms with van der Waals surface area (Å²) in [5.41, 5.74) is 1.66. The molecule has 3 heterocycles. The quantitative estimate of drug-likeness (QED) is 0.523. The van der Waals surface area contributed by atoms with Gasteiger partial charge in [-0.2, -0.15) is 4.31 Å². The molecule has 2 aliphatic rings. The number of aromatic nitrogens is 3. The Labute approximate surface area is 204 Å². The summed E-state index contributed by atoms with van der Waals surface area (Å²) in [6.07, 6.45) is 3.68. The van der Waals surface area contributed by atoms with E-state index in [2.05, 4.69) is 10.2 Å². The highest BCUT2D eigenvalue weighted by Crippen LogP contribution is 2.38. The molecule has 0 bridgehead atoms. The van der Waals surface area contributed by atoms with Gasteiger partial charge in [0.25, 0.3) is 0 Å². The molecule has 0 spiro atoms. The fourth-order valence-electron chi connectivity index (χ4n) is 5.22. The van der Waals surface area contributed by atoms with Crippen molar-refractivity contribution in [3.05, 3.63) is 78.1 Å². The van der Waals surface area contributed by atoms with Crippen LogP contribution in [0.2, 0.25) is 0 Å². The van der Waals surface area contributed by atoms with Crippen LogP contribution in [0, 0.1) is 5.82 Å². The van der Waals surface area contributed by atoms with Gasteiger partial charge in [0.1, 0.15) is 29.9 Å². The molecule has 2 aromatic carbocycles. The summed E-state index contributed by atoms with van der Waals surface area (Å²) >= 11 is 0. The number of benzene rings is 2. The maximum absolute atomic E-state index is 15.2. The van der Waals surface area contributed by atoms with Gasteiger partial charge in [-0.15, -0.1) is 10.2 Å². The number of alkyl halides is 1. The molecule has 1 aromatic heterocycles. The van der Waals surface area contributed by atoms with E-state index in [9.17, 15) is 12.8 Å². The van der Waals surface area contributed by atoms with Crippen molar-refractivity contribution in [2.24, 2.45) is 0 Å². The highest BCUT2D eigenvalue weighted by atomic mass is 32.2. The zero-order valence-corrected chi connectivity index (χ0v) is 20.4. The normalized spacial score (nSPS) is 27.1. The number of hydrogen-bond donors (Lipinski definition) is 0. The number of piperidine rings is 1. The van der Waals surface area contributed by atoms with Gasteiger partial charge >= 0.3 is 0 Å². The van der Waals surface area contributed by atoms with Crippen molar-refractivity contribution < 1.29 is 17.2 Å².